The molecule has 10 heteroatoms. The zero-order valence-electron chi connectivity index (χ0n) is 25.0. The molecule has 0 fully saturated rings. The predicted octanol–water partition coefficient (Wildman–Crippen LogP) is 6.30. The number of carboxylic acid groups (broad SMARTS) is 1. The first-order chi connectivity index (χ1) is 21.1. The quantitative estimate of drug-likeness (QED) is 0.157. The molecule has 0 spiro atoms. The van der Waals surface area contributed by atoms with E-state index in [4.69, 9.17) is 9.47 Å². The number of hydrogen-bond acceptors (Lipinski definition) is 7. The van der Waals surface area contributed by atoms with Crippen LogP contribution in [0.15, 0.2) is 84.9 Å². The summed E-state index contributed by atoms with van der Waals surface area (Å²) in [5.41, 5.74) is 4.63. The molecule has 0 saturated heterocycles. The van der Waals surface area contributed by atoms with E-state index in [0.717, 1.165) is 38.3 Å². The minimum Gasteiger partial charge on any atom is -0.480 e. The monoisotopic (exact) mass is 635 g/mol. The van der Waals surface area contributed by atoms with Crippen molar-refractivity contribution in [3.63, 3.8) is 0 Å². The van der Waals surface area contributed by atoms with E-state index < -0.39 is 27.8 Å². The van der Waals surface area contributed by atoms with Crippen molar-refractivity contribution in [1.82, 2.24) is 5.32 Å². The van der Waals surface area contributed by atoms with Crippen LogP contribution in [0.5, 0.6) is 0 Å². The molecule has 0 saturated carbocycles. The van der Waals surface area contributed by atoms with E-state index in [0.29, 0.717) is 18.8 Å². The highest BCUT2D eigenvalue weighted by atomic mass is 32.2. The fourth-order valence-corrected chi connectivity index (χ4v) is 6.43. The van der Waals surface area contributed by atoms with Gasteiger partial charge >= 0.3 is 5.97 Å². The number of hydrogen-bond donors (Lipinski definition) is 2. The van der Waals surface area contributed by atoms with Crippen molar-refractivity contribution in [3.8, 4) is 21.6 Å². The van der Waals surface area contributed by atoms with Crippen molar-refractivity contribution in [3.05, 3.63) is 106 Å². The van der Waals surface area contributed by atoms with Crippen LogP contribution in [0, 0.1) is 6.92 Å². The van der Waals surface area contributed by atoms with Crippen molar-refractivity contribution < 1.29 is 32.6 Å². The number of carboxylic acids is 1. The highest BCUT2D eigenvalue weighted by molar-refractivity contribution is 7.90. The molecule has 0 aliphatic rings. The molecule has 232 valence electrons. The number of ether oxygens (including phenoxy) is 2. The van der Waals surface area contributed by atoms with Crippen LogP contribution in [-0.4, -0.2) is 56.7 Å². The van der Waals surface area contributed by atoms with Crippen LogP contribution >= 0.6 is 11.3 Å². The van der Waals surface area contributed by atoms with Gasteiger partial charge in [0.25, 0.3) is 5.91 Å². The van der Waals surface area contributed by atoms with Crippen LogP contribution in [0.1, 0.15) is 45.8 Å². The third-order valence-electron chi connectivity index (χ3n) is 7.07. The fourth-order valence-electron chi connectivity index (χ4n) is 4.72. The fraction of sp³-hybridized carbons (Fsp3) is 0.294. The molecule has 4 rings (SSSR count). The van der Waals surface area contributed by atoms with Gasteiger partial charge in [0.1, 0.15) is 22.0 Å². The van der Waals surface area contributed by atoms with Crippen LogP contribution in [0.3, 0.4) is 0 Å². The lowest BCUT2D eigenvalue weighted by Crippen LogP contribution is -2.42. The number of carbonyl (C=O) groups excluding carboxylic acids is 1. The van der Waals surface area contributed by atoms with Crippen LogP contribution in [0.2, 0.25) is 0 Å². The van der Waals surface area contributed by atoms with Gasteiger partial charge in [-0.2, -0.15) is 0 Å². The van der Waals surface area contributed by atoms with Crippen molar-refractivity contribution in [2.45, 2.75) is 39.0 Å². The van der Waals surface area contributed by atoms with Crippen LogP contribution < -0.4 is 5.32 Å². The Morgan fingerprint density at radius 2 is 1.68 bits per heavy atom. The lowest BCUT2D eigenvalue weighted by molar-refractivity contribution is -0.139. The number of carbonyl (C=O) groups is 2. The summed E-state index contributed by atoms with van der Waals surface area (Å²) in [5.74, 6) is -2.25. The topological polar surface area (TPSA) is 119 Å². The average molecular weight is 636 g/mol. The minimum atomic E-state index is -3.40. The summed E-state index contributed by atoms with van der Waals surface area (Å²) in [6.45, 7) is 5.07. The van der Waals surface area contributed by atoms with Crippen LogP contribution in [0.25, 0.3) is 21.6 Å². The molecule has 44 heavy (non-hydrogen) atoms. The Kier molecular flexibility index (Phi) is 11.5. The Hall–Kier alpha value is -3.83. The van der Waals surface area contributed by atoms with Crippen LogP contribution in [0.4, 0.5) is 0 Å². The summed E-state index contributed by atoms with van der Waals surface area (Å²) in [6, 6.07) is 25.9. The number of rotatable bonds is 15. The first kappa shape index (κ1) is 33.1. The normalized spacial score (nSPS) is 12.9. The number of nitrogens with one attached hydrogen (secondary N) is 1. The molecule has 1 heterocycles. The van der Waals surface area contributed by atoms with E-state index in [9.17, 15) is 23.1 Å². The van der Waals surface area contributed by atoms with Gasteiger partial charge in [0.05, 0.1) is 19.0 Å². The van der Waals surface area contributed by atoms with Crippen molar-refractivity contribution >= 4 is 33.1 Å². The standard InChI is InChI=1S/C34H37NO7S2/c1-4-41-22-30(32-17-16-31(43-32)25-11-6-5-7-12-25)42-21-24-14-15-27(28(20-24)26-13-9-8-10-23(26)2)33(36)35-29(34(37)38)18-19-44(3,39)40/h5-17,20,29-30H,4,18-19,21-22H2,1-3H3,(H,35,36)(H,37,38)/t29-,30+/m0/s1. The first-order valence-corrected chi connectivity index (χ1v) is 17.2. The van der Waals surface area contributed by atoms with Gasteiger partial charge in [0.15, 0.2) is 0 Å². The summed E-state index contributed by atoms with van der Waals surface area (Å²) in [5, 5.41) is 12.2. The van der Waals surface area contributed by atoms with E-state index in [2.05, 4.69) is 29.6 Å². The zero-order valence-corrected chi connectivity index (χ0v) is 26.6. The van der Waals surface area contributed by atoms with Gasteiger partial charge in [0, 0.05) is 28.2 Å². The second-order valence-corrected chi connectivity index (χ2v) is 13.9. The summed E-state index contributed by atoms with van der Waals surface area (Å²) >= 11 is 1.66. The molecule has 0 bridgehead atoms. The molecule has 0 radical (unpaired) electrons. The number of benzene rings is 3. The van der Waals surface area contributed by atoms with Gasteiger partial charge in [-0.25, -0.2) is 13.2 Å². The molecule has 8 nitrogen and oxygen atoms in total. The first-order valence-electron chi connectivity index (χ1n) is 14.3. The molecule has 0 aliphatic heterocycles. The SMILES string of the molecule is CCOC[C@@H](OCc1ccc(C(=O)N[C@@H](CCS(C)(=O)=O)C(=O)O)c(-c2ccccc2C)c1)c1ccc(-c2ccccc2)s1. The molecule has 0 aliphatic carbocycles. The number of sulfone groups is 1. The molecule has 1 aromatic heterocycles. The maximum absolute atomic E-state index is 13.4. The average Bonchev–Trinajstić information content (AvgIpc) is 3.49. The van der Waals surface area contributed by atoms with Gasteiger partial charge in [-0.1, -0.05) is 60.7 Å². The second-order valence-electron chi connectivity index (χ2n) is 10.5. The summed E-state index contributed by atoms with van der Waals surface area (Å²) < 4.78 is 35.4. The third-order valence-corrected chi connectivity index (χ3v) is 9.28. The lowest BCUT2D eigenvalue weighted by Gasteiger charge is -2.19. The Morgan fingerprint density at radius 3 is 2.36 bits per heavy atom. The smallest absolute Gasteiger partial charge is 0.326 e. The summed E-state index contributed by atoms with van der Waals surface area (Å²) in [6.07, 6.45) is 0.500. The maximum Gasteiger partial charge on any atom is 0.326 e. The molecule has 2 atom stereocenters. The molecule has 0 unspecified atom stereocenters. The van der Waals surface area contributed by atoms with E-state index >= 15 is 0 Å². The van der Waals surface area contributed by atoms with E-state index in [-0.39, 0.29) is 30.4 Å². The summed E-state index contributed by atoms with van der Waals surface area (Å²) in [7, 11) is -3.40. The zero-order chi connectivity index (χ0) is 31.7. The predicted molar refractivity (Wildman–Crippen MR) is 174 cm³/mol. The lowest BCUT2D eigenvalue weighted by atomic mass is 9.93. The summed E-state index contributed by atoms with van der Waals surface area (Å²) in [4.78, 5) is 27.4. The minimum absolute atomic E-state index is 0.235. The van der Waals surface area contributed by atoms with Crippen molar-refractivity contribution in [1.29, 1.82) is 0 Å². The van der Waals surface area contributed by atoms with Crippen molar-refractivity contribution in [2.24, 2.45) is 0 Å². The van der Waals surface area contributed by atoms with Gasteiger partial charge in [-0.15, -0.1) is 11.3 Å². The van der Waals surface area contributed by atoms with Gasteiger partial charge in [-0.05, 0) is 72.4 Å². The molecular weight excluding hydrogens is 599 g/mol. The maximum atomic E-state index is 13.4. The highest BCUT2D eigenvalue weighted by Gasteiger charge is 2.24. The van der Waals surface area contributed by atoms with E-state index in [1.807, 2.05) is 62.4 Å². The largest absolute Gasteiger partial charge is 0.480 e. The Labute approximate surface area is 262 Å². The molecule has 3 aromatic carbocycles. The van der Waals surface area contributed by atoms with E-state index in [1.165, 1.54) is 0 Å². The van der Waals surface area contributed by atoms with Crippen molar-refractivity contribution in [2.75, 3.05) is 25.2 Å². The van der Waals surface area contributed by atoms with Gasteiger partial charge < -0.3 is 19.9 Å². The van der Waals surface area contributed by atoms with Crippen LogP contribution in [-0.2, 0) is 30.7 Å². The second kappa shape index (κ2) is 15.3. The number of thiophene rings is 1. The number of aliphatic carboxylic acids is 1. The Bertz CT molecular complexity index is 1680. The Morgan fingerprint density at radius 1 is 0.955 bits per heavy atom. The molecule has 2 N–H and O–H groups in total. The van der Waals surface area contributed by atoms with E-state index in [1.54, 1.807) is 23.5 Å². The third kappa shape index (κ3) is 9.09. The highest BCUT2D eigenvalue weighted by Crippen LogP contribution is 2.34. The molecule has 4 aromatic rings. The number of amides is 1. The molecular formula is C34H37NO7S2. The van der Waals surface area contributed by atoms with Gasteiger partial charge in [0.2, 0.25) is 0 Å². The Balaban J connectivity index is 1.59. The van der Waals surface area contributed by atoms with Gasteiger partial charge in [-0.3, -0.25) is 4.79 Å². The molecule has 1 amide bonds. The number of aryl methyl sites for hydroxylation is 1.